The molecule has 152 valence electrons. The second kappa shape index (κ2) is 18.0. The van der Waals surface area contributed by atoms with Crippen LogP contribution >= 0.6 is 0 Å². The Morgan fingerprint density at radius 2 is 1.20 bits per heavy atom. The zero-order chi connectivity index (χ0) is 19.6. The molecule has 0 atom stereocenters. The Labute approximate surface area is 151 Å². The molecule has 0 aliphatic carbocycles. The van der Waals surface area contributed by atoms with Gasteiger partial charge in [-0.1, -0.05) is 52.4 Å². The Kier molecular flexibility index (Phi) is 19.0. The number of unbranched alkanes of at least 4 members (excludes halogenated alkanes) is 8. The van der Waals surface area contributed by atoms with E-state index in [4.69, 9.17) is 9.90 Å². The number of hydrogen-bond acceptors (Lipinski definition) is 2. The van der Waals surface area contributed by atoms with Crippen LogP contribution in [0.5, 0.6) is 0 Å². The summed E-state index contributed by atoms with van der Waals surface area (Å²) in [7, 11) is 0. The van der Waals surface area contributed by atoms with Crippen LogP contribution in [0, 0.1) is 0 Å². The quantitative estimate of drug-likeness (QED) is 0.453. The van der Waals surface area contributed by atoms with Crippen molar-refractivity contribution < 1.29 is 33.7 Å². The Bertz CT molecular complexity index is 287. The molecule has 0 fully saturated rings. The van der Waals surface area contributed by atoms with Crippen LogP contribution in [0.3, 0.4) is 0 Å². The molecule has 0 aliphatic rings. The molecule has 0 aromatic rings. The summed E-state index contributed by atoms with van der Waals surface area (Å²) in [5.41, 5.74) is 4.02. The van der Waals surface area contributed by atoms with E-state index >= 15 is 0 Å². The van der Waals surface area contributed by atoms with Gasteiger partial charge in [-0.25, -0.2) is 0 Å². The highest BCUT2D eigenvalue weighted by atomic mass is 19.4. The van der Waals surface area contributed by atoms with Crippen molar-refractivity contribution in [2.75, 3.05) is 26.2 Å². The summed E-state index contributed by atoms with van der Waals surface area (Å²) in [5, 5.41) is 8.78. The third-order valence-electron chi connectivity index (χ3n) is 4.03. The Morgan fingerprint density at radius 3 is 1.48 bits per heavy atom. The van der Waals surface area contributed by atoms with Crippen molar-refractivity contribution >= 4 is 5.97 Å². The molecule has 0 heterocycles. The number of carboxylic acid groups (broad SMARTS) is 1. The minimum Gasteiger partial charge on any atom is -0.542 e. The van der Waals surface area contributed by atoms with Crippen molar-refractivity contribution in [1.29, 1.82) is 0 Å². The fourth-order valence-corrected chi connectivity index (χ4v) is 2.58. The van der Waals surface area contributed by atoms with Gasteiger partial charge in [0.15, 0.2) is 0 Å². The number of alkyl halides is 3. The molecule has 0 aromatic heterocycles. The molecule has 0 radical (unpaired) electrons. The lowest BCUT2D eigenvalue weighted by Crippen LogP contribution is -3.13. The first-order valence-corrected chi connectivity index (χ1v) is 9.70. The lowest BCUT2D eigenvalue weighted by molar-refractivity contribution is -0.905. The van der Waals surface area contributed by atoms with Gasteiger partial charge in [0.05, 0.1) is 13.1 Å². The van der Waals surface area contributed by atoms with E-state index in [2.05, 4.69) is 19.6 Å². The zero-order valence-corrected chi connectivity index (χ0v) is 16.1. The number of carbonyl (C=O) groups is 1. The van der Waals surface area contributed by atoms with E-state index < -0.39 is 12.1 Å². The van der Waals surface area contributed by atoms with E-state index in [0.717, 1.165) is 6.54 Å². The van der Waals surface area contributed by atoms with Gasteiger partial charge < -0.3 is 20.5 Å². The number of carbonyl (C=O) groups excluding carboxylic acids is 1. The molecule has 7 heteroatoms. The van der Waals surface area contributed by atoms with Crippen molar-refractivity contribution in [2.45, 2.75) is 84.2 Å². The van der Waals surface area contributed by atoms with Gasteiger partial charge in [0.1, 0.15) is 19.1 Å². The normalized spacial score (nSPS) is 11.3. The van der Waals surface area contributed by atoms with E-state index in [1.165, 1.54) is 83.8 Å². The topological polar surface area (TPSA) is 72.2 Å². The highest BCUT2D eigenvalue weighted by Crippen LogP contribution is 2.11. The molecular weight excluding hydrogens is 333 g/mol. The van der Waals surface area contributed by atoms with Crippen molar-refractivity contribution in [1.82, 2.24) is 0 Å². The number of carboxylic acids is 1. The van der Waals surface area contributed by atoms with Gasteiger partial charge in [-0.2, -0.15) is 13.2 Å². The van der Waals surface area contributed by atoms with Crippen LogP contribution in [0.25, 0.3) is 0 Å². The summed E-state index contributed by atoms with van der Waals surface area (Å²) in [4.78, 5) is 10.6. The average Bonchev–Trinajstić information content (AvgIpc) is 2.54. The molecule has 0 amide bonds. The van der Waals surface area contributed by atoms with Crippen molar-refractivity contribution in [3.8, 4) is 0 Å². The molecule has 0 aromatic carbocycles. The largest absolute Gasteiger partial charge is 0.542 e. The van der Waals surface area contributed by atoms with Gasteiger partial charge in [-0.15, -0.1) is 0 Å². The van der Waals surface area contributed by atoms with Gasteiger partial charge >= 0.3 is 6.18 Å². The van der Waals surface area contributed by atoms with Crippen molar-refractivity contribution in [3.05, 3.63) is 0 Å². The van der Waals surface area contributed by atoms with Crippen LogP contribution in [-0.2, 0) is 4.79 Å². The number of halogens is 3. The first-order valence-electron chi connectivity index (χ1n) is 9.70. The van der Waals surface area contributed by atoms with Crippen LogP contribution in [0.2, 0.25) is 0 Å². The first kappa shape index (κ1) is 26.4. The molecule has 25 heavy (non-hydrogen) atoms. The van der Waals surface area contributed by atoms with Crippen LogP contribution in [-0.4, -0.2) is 38.3 Å². The summed E-state index contributed by atoms with van der Waals surface area (Å²) < 4.78 is 31.5. The van der Waals surface area contributed by atoms with E-state index in [1.807, 2.05) is 0 Å². The van der Waals surface area contributed by atoms with E-state index in [1.54, 1.807) is 4.90 Å². The number of nitrogens with one attached hydrogen (secondary N) is 1. The smallest absolute Gasteiger partial charge is 0.430 e. The van der Waals surface area contributed by atoms with Gasteiger partial charge in [0, 0.05) is 0 Å². The van der Waals surface area contributed by atoms with Crippen LogP contribution in [0.15, 0.2) is 0 Å². The Hall–Kier alpha value is -0.820. The summed E-state index contributed by atoms with van der Waals surface area (Å²) in [6.45, 7) is 9.72. The molecule has 4 N–H and O–H groups in total. The summed E-state index contributed by atoms with van der Waals surface area (Å²) in [5.74, 6) is -3.01. The number of quaternary nitrogens is 2. The Morgan fingerprint density at radius 1 is 0.840 bits per heavy atom. The lowest BCUT2D eigenvalue weighted by atomic mass is 10.1. The van der Waals surface area contributed by atoms with Gasteiger partial charge in [0.2, 0.25) is 0 Å². The molecule has 4 nitrogen and oxygen atoms in total. The minimum absolute atomic E-state index is 1.10. The number of aliphatic carboxylic acids is 1. The monoisotopic (exact) mass is 371 g/mol. The summed E-state index contributed by atoms with van der Waals surface area (Å²) >= 11 is 0. The van der Waals surface area contributed by atoms with Crippen LogP contribution in [0.4, 0.5) is 13.2 Å². The zero-order valence-electron chi connectivity index (χ0n) is 16.1. The first-order chi connectivity index (χ1) is 11.8. The van der Waals surface area contributed by atoms with Crippen LogP contribution in [0.1, 0.15) is 78.1 Å². The Balaban J connectivity index is 0. The number of hydrogen-bond donors (Lipinski definition) is 2. The van der Waals surface area contributed by atoms with Crippen molar-refractivity contribution in [3.63, 3.8) is 0 Å². The van der Waals surface area contributed by atoms with E-state index in [0.29, 0.717) is 0 Å². The predicted molar refractivity (Wildman–Crippen MR) is 91.9 cm³/mol. The maximum atomic E-state index is 10.5. The highest BCUT2D eigenvalue weighted by molar-refractivity contribution is 5.70. The number of rotatable bonds is 14. The van der Waals surface area contributed by atoms with E-state index in [9.17, 15) is 13.2 Å². The summed E-state index contributed by atoms with van der Waals surface area (Å²) in [6, 6.07) is 0. The van der Waals surface area contributed by atoms with Crippen LogP contribution < -0.4 is 15.7 Å². The average molecular weight is 372 g/mol. The molecule has 0 rings (SSSR count). The fraction of sp³-hybridized carbons (Fsp3) is 0.944. The third-order valence-corrected chi connectivity index (χ3v) is 4.03. The highest BCUT2D eigenvalue weighted by Gasteiger charge is 2.28. The second-order valence-corrected chi connectivity index (χ2v) is 6.47. The standard InChI is InChI=1S/C16H36N2.C2HF3O2/c1-3-5-7-9-11-14-18(16-13-17)15-12-10-8-6-4-2;3-2(4,5)1(6)7/h3-17H2,1-2H3;(H,6,7)/p+1. The molecule has 0 saturated heterocycles. The maximum absolute atomic E-state index is 10.5. The molecular formula is C18H38F3N2O2+. The predicted octanol–water partition coefficient (Wildman–Crippen LogP) is 1.35. The molecule has 0 bridgehead atoms. The second-order valence-electron chi connectivity index (χ2n) is 6.47. The summed E-state index contributed by atoms with van der Waals surface area (Å²) in [6.07, 6.45) is 8.93. The van der Waals surface area contributed by atoms with Crippen molar-refractivity contribution in [2.24, 2.45) is 0 Å². The molecule has 0 spiro atoms. The molecule has 0 aliphatic heterocycles. The fourth-order valence-electron chi connectivity index (χ4n) is 2.58. The third kappa shape index (κ3) is 21.1. The lowest BCUT2D eigenvalue weighted by Gasteiger charge is -2.17. The van der Waals surface area contributed by atoms with E-state index in [-0.39, 0.29) is 0 Å². The molecule has 0 unspecified atom stereocenters. The van der Waals surface area contributed by atoms with Gasteiger partial charge in [0.25, 0.3) is 0 Å². The maximum Gasteiger partial charge on any atom is 0.430 e. The van der Waals surface area contributed by atoms with Gasteiger partial charge in [-0.3, -0.25) is 0 Å². The van der Waals surface area contributed by atoms with Gasteiger partial charge in [-0.05, 0) is 25.7 Å². The minimum atomic E-state index is -5.19. The molecule has 0 saturated carbocycles. The SMILES string of the molecule is CCCCCCC[NH+](CC[NH3+])CCCCCCC.O=C([O-])C(F)(F)F.